The number of aromatic nitrogens is 1. The number of amides is 1. The van der Waals surface area contributed by atoms with Gasteiger partial charge in [-0.15, -0.1) is 0 Å². The van der Waals surface area contributed by atoms with Crippen molar-refractivity contribution < 1.29 is 28.5 Å². The van der Waals surface area contributed by atoms with Crippen LogP contribution in [0.4, 0.5) is 0 Å². The molecule has 0 unspecified atom stereocenters. The molecule has 1 aromatic heterocycles. The number of nitrogens with zero attached hydrogens (tertiary/aromatic N) is 2. The molecule has 3 heterocycles. The predicted octanol–water partition coefficient (Wildman–Crippen LogP) is 6.17. The minimum Gasteiger partial charge on any atom is -0.462 e. The van der Waals surface area contributed by atoms with E-state index in [-0.39, 0.29) is 25.3 Å². The summed E-state index contributed by atoms with van der Waals surface area (Å²) in [5, 5.41) is 0. The highest BCUT2D eigenvalue weighted by Crippen LogP contribution is 2.41. The molecule has 8 nitrogen and oxygen atoms in total. The van der Waals surface area contributed by atoms with E-state index in [4.69, 9.17) is 18.9 Å². The second kappa shape index (κ2) is 12.4. The van der Waals surface area contributed by atoms with Gasteiger partial charge in [-0.1, -0.05) is 54.6 Å². The molecule has 222 valence electrons. The van der Waals surface area contributed by atoms with Crippen molar-refractivity contribution in [2.75, 3.05) is 20.0 Å². The van der Waals surface area contributed by atoms with Crippen LogP contribution in [0.3, 0.4) is 0 Å². The zero-order valence-electron chi connectivity index (χ0n) is 24.8. The fraction of sp³-hybridized carbons (Fsp3) is 0.314. The van der Waals surface area contributed by atoms with E-state index in [1.807, 2.05) is 71.0 Å². The summed E-state index contributed by atoms with van der Waals surface area (Å²) in [7, 11) is 0. The van der Waals surface area contributed by atoms with Gasteiger partial charge in [0.2, 0.25) is 6.79 Å². The molecule has 43 heavy (non-hydrogen) atoms. The molecule has 2 aliphatic rings. The lowest BCUT2D eigenvalue weighted by molar-refractivity contribution is 0.0524. The van der Waals surface area contributed by atoms with Crippen LogP contribution in [0.15, 0.2) is 72.8 Å². The molecule has 0 aliphatic carbocycles. The molecular formula is C35H36N2O6. The molecule has 0 spiro atoms. The number of fused-ring (bicyclic) bond motifs is 2. The molecule has 0 N–H and O–H groups in total. The molecule has 0 saturated heterocycles. The second-order valence-corrected chi connectivity index (χ2v) is 10.9. The number of hydrogen-bond donors (Lipinski definition) is 0. The maximum absolute atomic E-state index is 14.4. The molecule has 0 fully saturated rings. The summed E-state index contributed by atoms with van der Waals surface area (Å²) < 4.78 is 24.9. The molecule has 0 bridgehead atoms. The van der Waals surface area contributed by atoms with Gasteiger partial charge in [0.1, 0.15) is 0 Å². The van der Waals surface area contributed by atoms with Gasteiger partial charge in [0.25, 0.3) is 5.91 Å². The SMILES string of the molecule is CCOC(=O)c1cc(-c2cc3c(cc2C(=O)N2Cc4ccccc4C[C@H]2C)OCO3)n(CCOCc2ccccc2)c1C. The monoisotopic (exact) mass is 580 g/mol. The minimum atomic E-state index is -0.403. The van der Waals surface area contributed by atoms with Crippen LogP contribution in [0.5, 0.6) is 11.5 Å². The third-order valence-electron chi connectivity index (χ3n) is 8.22. The Morgan fingerprint density at radius 2 is 1.65 bits per heavy atom. The van der Waals surface area contributed by atoms with Gasteiger partial charge in [0.15, 0.2) is 11.5 Å². The highest BCUT2D eigenvalue weighted by atomic mass is 16.7. The smallest absolute Gasteiger partial charge is 0.339 e. The van der Waals surface area contributed by atoms with E-state index in [0.29, 0.717) is 54.5 Å². The van der Waals surface area contributed by atoms with Crippen molar-refractivity contribution in [1.29, 1.82) is 0 Å². The molecule has 2 aliphatic heterocycles. The zero-order chi connectivity index (χ0) is 29.9. The number of carbonyl (C=O) groups is 2. The van der Waals surface area contributed by atoms with Crippen LogP contribution in [-0.4, -0.2) is 47.4 Å². The first-order valence-electron chi connectivity index (χ1n) is 14.7. The molecular weight excluding hydrogens is 544 g/mol. The maximum Gasteiger partial charge on any atom is 0.339 e. The second-order valence-electron chi connectivity index (χ2n) is 10.9. The third-order valence-corrected chi connectivity index (χ3v) is 8.22. The van der Waals surface area contributed by atoms with Gasteiger partial charge < -0.3 is 28.4 Å². The maximum atomic E-state index is 14.4. The minimum absolute atomic E-state index is 0.00988. The molecule has 0 saturated carbocycles. The Morgan fingerprint density at radius 1 is 0.930 bits per heavy atom. The summed E-state index contributed by atoms with van der Waals surface area (Å²) in [5.74, 6) is 0.592. The van der Waals surface area contributed by atoms with E-state index >= 15 is 0 Å². The highest BCUT2D eigenvalue weighted by Gasteiger charge is 2.32. The lowest BCUT2D eigenvalue weighted by atomic mass is 9.93. The van der Waals surface area contributed by atoms with E-state index in [2.05, 4.69) is 19.1 Å². The van der Waals surface area contributed by atoms with Crippen molar-refractivity contribution >= 4 is 11.9 Å². The Bertz CT molecular complexity index is 1640. The van der Waals surface area contributed by atoms with Gasteiger partial charge in [-0.2, -0.15) is 0 Å². The summed E-state index contributed by atoms with van der Waals surface area (Å²) in [6.45, 7) is 7.99. The van der Waals surface area contributed by atoms with Gasteiger partial charge in [0.05, 0.1) is 36.6 Å². The summed E-state index contributed by atoms with van der Waals surface area (Å²) in [5.41, 5.74) is 6.58. The number of rotatable bonds is 9. The molecule has 4 aromatic rings. The Morgan fingerprint density at radius 3 is 2.42 bits per heavy atom. The molecule has 0 radical (unpaired) electrons. The van der Waals surface area contributed by atoms with Crippen LogP contribution in [0.25, 0.3) is 11.3 Å². The van der Waals surface area contributed by atoms with Crippen LogP contribution in [-0.2, 0) is 35.6 Å². The fourth-order valence-electron chi connectivity index (χ4n) is 5.93. The third kappa shape index (κ3) is 5.75. The first-order valence-corrected chi connectivity index (χ1v) is 14.7. The van der Waals surface area contributed by atoms with Crippen molar-refractivity contribution in [3.05, 3.63) is 106 Å². The summed E-state index contributed by atoms with van der Waals surface area (Å²) in [4.78, 5) is 29.3. The Labute approximate surface area is 251 Å². The standard InChI is InChI=1S/C35H36N2O6/c1-4-41-35(39)28-17-31(36(24(28)3)14-15-40-21-25-10-6-5-7-11-25)29-18-32-33(43-22-42-32)19-30(29)34(38)37-20-27-13-9-8-12-26(27)16-23(37)2/h5-13,17-19,23H,4,14-16,20-22H2,1-3H3/t23-/m1/s1. The highest BCUT2D eigenvalue weighted by molar-refractivity contribution is 6.03. The van der Waals surface area contributed by atoms with Crippen LogP contribution >= 0.6 is 0 Å². The van der Waals surface area contributed by atoms with E-state index in [1.165, 1.54) is 5.56 Å². The van der Waals surface area contributed by atoms with Crippen molar-refractivity contribution in [3.63, 3.8) is 0 Å². The summed E-state index contributed by atoms with van der Waals surface area (Å²) >= 11 is 0. The fourth-order valence-corrected chi connectivity index (χ4v) is 5.93. The zero-order valence-corrected chi connectivity index (χ0v) is 24.8. The first-order chi connectivity index (χ1) is 20.9. The van der Waals surface area contributed by atoms with Crippen LogP contribution in [0.2, 0.25) is 0 Å². The molecule has 6 rings (SSSR count). The van der Waals surface area contributed by atoms with Crippen molar-refractivity contribution in [3.8, 4) is 22.8 Å². The normalized spacial score (nSPS) is 15.3. The number of ether oxygens (including phenoxy) is 4. The van der Waals surface area contributed by atoms with Gasteiger partial charge in [-0.3, -0.25) is 4.79 Å². The lowest BCUT2D eigenvalue weighted by Crippen LogP contribution is -2.42. The van der Waals surface area contributed by atoms with Gasteiger partial charge >= 0.3 is 5.97 Å². The quantitative estimate of drug-likeness (QED) is 0.174. The van der Waals surface area contributed by atoms with Crippen LogP contribution in [0.1, 0.15) is 56.9 Å². The van der Waals surface area contributed by atoms with E-state index in [1.54, 1.807) is 13.0 Å². The Hall–Kier alpha value is -4.56. The first kappa shape index (κ1) is 28.6. The topological polar surface area (TPSA) is 79.2 Å². The van der Waals surface area contributed by atoms with E-state index in [9.17, 15) is 9.59 Å². The van der Waals surface area contributed by atoms with Gasteiger partial charge in [-0.05, 0) is 62.1 Å². The number of benzene rings is 3. The van der Waals surface area contributed by atoms with Crippen molar-refractivity contribution in [2.45, 2.75) is 52.9 Å². The van der Waals surface area contributed by atoms with Gasteiger partial charge in [-0.25, -0.2) is 4.79 Å². The van der Waals surface area contributed by atoms with Crippen molar-refractivity contribution in [1.82, 2.24) is 9.47 Å². The lowest BCUT2D eigenvalue weighted by Gasteiger charge is -2.35. The molecule has 8 heteroatoms. The number of carbonyl (C=O) groups excluding carboxylic acids is 2. The molecule has 1 atom stereocenters. The Kier molecular flexibility index (Phi) is 8.20. The summed E-state index contributed by atoms with van der Waals surface area (Å²) in [6, 6.07) is 23.7. The average Bonchev–Trinajstić information content (AvgIpc) is 3.62. The van der Waals surface area contributed by atoms with Gasteiger partial charge in [0, 0.05) is 30.4 Å². The predicted molar refractivity (Wildman–Crippen MR) is 162 cm³/mol. The van der Waals surface area contributed by atoms with Crippen LogP contribution < -0.4 is 9.47 Å². The Balaban J connectivity index is 1.38. The average molecular weight is 581 g/mol. The van der Waals surface area contributed by atoms with Crippen molar-refractivity contribution in [2.24, 2.45) is 0 Å². The molecule has 3 aromatic carbocycles. The van der Waals surface area contributed by atoms with Crippen LogP contribution in [0, 0.1) is 6.92 Å². The van der Waals surface area contributed by atoms with E-state index in [0.717, 1.165) is 28.9 Å². The summed E-state index contributed by atoms with van der Waals surface area (Å²) in [6.07, 6.45) is 0.781. The number of esters is 1. The number of hydrogen-bond acceptors (Lipinski definition) is 6. The largest absolute Gasteiger partial charge is 0.462 e. The van der Waals surface area contributed by atoms with E-state index < -0.39 is 5.97 Å². The molecule has 1 amide bonds.